The molecule has 0 amide bonds. The van der Waals surface area contributed by atoms with Gasteiger partial charge < -0.3 is 15.2 Å². The van der Waals surface area contributed by atoms with Gasteiger partial charge in [0, 0.05) is 30.0 Å². The summed E-state index contributed by atoms with van der Waals surface area (Å²) in [6.07, 6.45) is 3.77. The topological polar surface area (TPSA) is 59.3 Å². The van der Waals surface area contributed by atoms with Crippen molar-refractivity contribution in [3.05, 3.63) is 82.1 Å². The first-order valence-corrected chi connectivity index (χ1v) is 9.32. The van der Waals surface area contributed by atoms with Crippen LogP contribution in [0.15, 0.2) is 65.4 Å². The van der Waals surface area contributed by atoms with Crippen LogP contribution in [0, 0.1) is 0 Å². The van der Waals surface area contributed by atoms with Gasteiger partial charge in [-0.3, -0.25) is 4.68 Å². The third-order valence-corrected chi connectivity index (χ3v) is 4.76. The van der Waals surface area contributed by atoms with E-state index in [1.54, 1.807) is 6.20 Å². The second kappa shape index (κ2) is 9.52. The fourth-order valence-electron chi connectivity index (χ4n) is 2.71. The van der Waals surface area contributed by atoms with Crippen molar-refractivity contribution in [2.45, 2.75) is 19.6 Å². The van der Waals surface area contributed by atoms with Gasteiger partial charge in [-0.15, -0.1) is 0 Å². The Morgan fingerprint density at radius 2 is 1.85 bits per heavy atom. The number of nitrogens with one attached hydrogen (secondary N) is 1. The molecule has 0 bridgehead atoms. The van der Waals surface area contributed by atoms with E-state index in [-0.39, 0.29) is 6.61 Å². The lowest BCUT2D eigenvalue weighted by Crippen LogP contribution is -2.15. The summed E-state index contributed by atoms with van der Waals surface area (Å²) in [5.41, 5.74) is 3.68. The highest BCUT2D eigenvalue weighted by molar-refractivity contribution is 9.10. The lowest BCUT2D eigenvalue weighted by molar-refractivity contribution is 0.201. The molecule has 5 nitrogen and oxygen atoms in total. The Morgan fingerprint density at radius 3 is 2.58 bits per heavy atom. The molecule has 0 aliphatic heterocycles. The molecule has 2 aromatic carbocycles. The highest BCUT2D eigenvalue weighted by Gasteiger charge is 2.05. The van der Waals surface area contributed by atoms with Gasteiger partial charge in [-0.2, -0.15) is 5.10 Å². The van der Waals surface area contributed by atoms with E-state index < -0.39 is 0 Å². The van der Waals surface area contributed by atoms with Crippen molar-refractivity contribution in [1.29, 1.82) is 0 Å². The predicted octanol–water partition coefficient (Wildman–Crippen LogP) is 3.35. The fourth-order valence-corrected chi connectivity index (χ4v) is 3.21. The molecule has 2 N–H and O–H groups in total. The fraction of sp³-hybridized carbons (Fsp3) is 0.250. The molecule has 0 unspecified atom stereocenters. The van der Waals surface area contributed by atoms with Gasteiger partial charge in [0.1, 0.15) is 12.4 Å². The molecular formula is C20H22BrN3O2. The van der Waals surface area contributed by atoms with Crippen LogP contribution in [0.2, 0.25) is 0 Å². The number of halogens is 1. The zero-order valence-electron chi connectivity index (χ0n) is 14.4. The number of aliphatic hydroxyl groups is 1. The van der Waals surface area contributed by atoms with E-state index in [2.05, 4.69) is 50.6 Å². The summed E-state index contributed by atoms with van der Waals surface area (Å²) in [6, 6.07) is 16.2. The minimum atomic E-state index is 0.0128. The third-order valence-electron chi connectivity index (χ3n) is 4.03. The van der Waals surface area contributed by atoms with Crippen LogP contribution >= 0.6 is 15.9 Å². The third kappa shape index (κ3) is 5.17. The molecule has 0 atom stereocenters. The maximum absolute atomic E-state index is 8.83. The standard InChI is InChI=1S/C20H22BrN3O2/c21-20-12-19(26-11-10-25)7-6-17(20)14-22-13-16-4-1-2-5-18(16)15-24-9-3-8-23-24/h1-9,12,22,25H,10-11,13-15H2. The summed E-state index contributed by atoms with van der Waals surface area (Å²) < 4.78 is 8.34. The van der Waals surface area contributed by atoms with Crippen LogP contribution in [0.3, 0.4) is 0 Å². The van der Waals surface area contributed by atoms with Gasteiger partial charge in [0.05, 0.1) is 13.2 Å². The highest BCUT2D eigenvalue weighted by Crippen LogP contribution is 2.23. The smallest absolute Gasteiger partial charge is 0.120 e. The summed E-state index contributed by atoms with van der Waals surface area (Å²) in [5, 5.41) is 16.6. The molecule has 3 aromatic rings. The van der Waals surface area contributed by atoms with E-state index in [0.717, 1.165) is 35.4 Å². The number of hydrogen-bond donors (Lipinski definition) is 2. The summed E-state index contributed by atoms with van der Waals surface area (Å²) in [5.74, 6) is 0.749. The summed E-state index contributed by atoms with van der Waals surface area (Å²) in [7, 11) is 0. The second-order valence-electron chi connectivity index (χ2n) is 5.90. The predicted molar refractivity (Wildman–Crippen MR) is 105 cm³/mol. The Morgan fingerprint density at radius 1 is 1.04 bits per heavy atom. The highest BCUT2D eigenvalue weighted by atomic mass is 79.9. The monoisotopic (exact) mass is 415 g/mol. The Hall–Kier alpha value is -2.15. The van der Waals surface area contributed by atoms with Crippen molar-refractivity contribution in [3.63, 3.8) is 0 Å². The number of nitrogens with zero attached hydrogens (tertiary/aromatic N) is 2. The number of benzene rings is 2. The van der Waals surface area contributed by atoms with Crippen LogP contribution in [0.1, 0.15) is 16.7 Å². The molecule has 136 valence electrons. The lowest BCUT2D eigenvalue weighted by Gasteiger charge is -2.12. The molecule has 0 fully saturated rings. The number of aromatic nitrogens is 2. The Balaban J connectivity index is 1.58. The largest absolute Gasteiger partial charge is 0.491 e. The second-order valence-corrected chi connectivity index (χ2v) is 6.76. The van der Waals surface area contributed by atoms with E-state index in [4.69, 9.17) is 9.84 Å². The van der Waals surface area contributed by atoms with Crippen LogP contribution < -0.4 is 10.1 Å². The molecule has 1 aromatic heterocycles. The average molecular weight is 416 g/mol. The van der Waals surface area contributed by atoms with Crippen LogP contribution in [-0.2, 0) is 19.6 Å². The molecule has 0 aliphatic rings. The van der Waals surface area contributed by atoms with Crippen molar-refractivity contribution in [2.75, 3.05) is 13.2 Å². The Kier molecular flexibility index (Phi) is 6.82. The van der Waals surface area contributed by atoms with Crippen molar-refractivity contribution in [2.24, 2.45) is 0 Å². The average Bonchev–Trinajstić information content (AvgIpc) is 3.16. The SMILES string of the molecule is OCCOc1ccc(CNCc2ccccc2Cn2cccn2)c(Br)c1. The zero-order chi connectivity index (χ0) is 18.2. The Labute approximate surface area is 161 Å². The maximum atomic E-state index is 8.83. The molecule has 6 heteroatoms. The van der Waals surface area contributed by atoms with Crippen molar-refractivity contribution >= 4 is 15.9 Å². The van der Waals surface area contributed by atoms with Crippen molar-refractivity contribution in [3.8, 4) is 5.75 Å². The normalized spacial score (nSPS) is 10.8. The van der Waals surface area contributed by atoms with E-state index >= 15 is 0 Å². The van der Waals surface area contributed by atoms with Gasteiger partial charge in [-0.25, -0.2) is 0 Å². The van der Waals surface area contributed by atoms with Crippen LogP contribution in [0.25, 0.3) is 0 Å². The lowest BCUT2D eigenvalue weighted by atomic mass is 10.1. The minimum absolute atomic E-state index is 0.0128. The van der Waals surface area contributed by atoms with E-state index in [1.165, 1.54) is 11.1 Å². The first kappa shape index (κ1) is 18.6. The first-order chi connectivity index (χ1) is 12.8. The van der Waals surface area contributed by atoms with Crippen molar-refractivity contribution < 1.29 is 9.84 Å². The quantitative estimate of drug-likeness (QED) is 0.562. The molecular weight excluding hydrogens is 394 g/mol. The van der Waals surface area contributed by atoms with Crippen LogP contribution in [0.4, 0.5) is 0 Å². The van der Waals surface area contributed by atoms with E-state index in [0.29, 0.717) is 6.61 Å². The van der Waals surface area contributed by atoms with Gasteiger partial charge in [-0.05, 0) is 34.9 Å². The van der Waals surface area contributed by atoms with Gasteiger partial charge in [0.2, 0.25) is 0 Å². The zero-order valence-corrected chi connectivity index (χ0v) is 16.0. The first-order valence-electron chi connectivity index (χ1n) is 8.53. The van der Waals surface area contributed by atoms with Crippen molar-refractivity contribution in [1.82, 2.24) is 15.1 Å². The molecule has 0 saturated carbocycles. The van der Waals surface area contributed by atoms with Gasteiger partial charge >= 0.3 is 0 Å². The summed E-state index contributed by atoms with van der Waals surface area (Å²) in [6.45, 7) is 2.62. The molecule has 3 rings (SSSR count). The van der Waals surface area contributed by atoms with Gasteiger partial charge in [0.15, 0.2) is 0 Å². The van der Waals surface area contributed by atoms with Crippen LogP contribution in [0.5, 0.6) is 5.75 Å². The maximum Gasteiger partial charge on any atom is 0.120 e. The minimum Gasteiger partial charge on any atom is -0.491 e. The molecule has 0 aliphatic carbocycles. The summed E-state index contributed by atoms with van der Waals surface area (Å²) >= 11 is 3.59. The van der Waals surface area contributed by atoms with Crippen LogP contribution in [-0.4, -0.2) is 28.1 Å². The molecule has 1 heterocycles. The van der Waals surface area contributed by atoms with Gasteiger partial charge in [0.25, 0.3) is 0 Å². The number of ether oxygens (including phenoxy) is 1. The number of aliphatic hydroxyl groups excluding tert-OH is 1. The van der Waals surface area contributed by atoms with Gasteiger partial charge in [-0.1, -0.05) is 46.3 Å². The molecule has 26 heavy (non-hydrogen) atoms. The molecule has 0 saturated heterocycles. The van der Waals surface area contributed by atoms with E-state index in [1.807, 2.05) is 35.1 Å². The molecule has 0 radical (unpaired) electrons. The van der Waals surface area contributed by atoms with E-state index in [9.17, 15) is 0 Å². The number of rotatable bonds is 9. The summed E-state index contributed by atoms with van der Waals surface area (Å²) in [4.78, 5) is 0. The number of hydrogen-bond acceptors (Lipinski definition) is 4. The molecule has 0 spiro atoms. The Bertz CT molecular complexity index is 822.